The molecular formula is C14H13N7O. The van der Waals surface area contributed by atoms with E-state index < -0.39 is 0 Å². The van der Waals surface area contributed by atoms with Crippen molar-refractivity contribution in [3.8, 4) is 11.3 Å². The fraction of sp³-hybridized carbons (Fsp3) is 0.143. The monoisotopic (exact) mass is 295 g/mol. The quantitative estimate of drug-likeness (QED) is 0.624. The van der Waals surface area contributed by atoms with Gasteiger partial charge in [-0.25, -0.2) is 9.97 Å². The molecule has 0 saturated carbocycles. The number of anilines is 2. The Hall–Kier alpha value is -3.16. The van der Waals surface area contributed by atoms with E-state index in [1.807, 2.05) is 18.2 Å². The lowest BCUT2D eigenvalue weighted by Crippen LogP contribution is -2.20. The Morgan fingerprint density at radius 1 is 1.27 bits per heavy atom. The molecule has 4 N–H and O–H groups in total. The number of nitrogens with two attached hydrogens (primary N) is 2. The number of fused-ring (bicyclic) bond motifs is 2. The number of benzene rings is 1. The molecule has 22 heavy (non-hydrogen) atoms. The lowest BCUT2D eigenvalue weighted by Gasteiger charge is -2.10. The second-order valence-corrected chi connectivity index (χ2v) is 5.22. The lowest BCUT2D eigenvalue weighted by molar-refractivity contribution is -0.117. The number of carbonyl (C=O) groups excluding carboxylic acids is 1. The molecular weight excluding hydrogens is 282 g/mol. The third-order valence-corrected chi connectivity index (χ3v) is 3.95. The van der Waals surface area contributed by atoms with Crippen LogP contribution in [-0.2, 0) is 11.2 Å². The number of hydrogen-bond acceptors (Lipinski definition) is 6. The number of nitrogen functional groups attached to an aromatic ring is 2. The SMILES string of the molecule is CN1C(=O)Cc2cc(-c3nn(N)c4ncnc(N)c34)ccc21. The maximum atomic E-state index is 11.8. The first-order valence-corrected chi connectivity index (χ1v) is 6.70. The van der Waals surface area contributed by atoms with Crippen LogP contribution in [0.3, 0.4) is 0 Å². The van der Waals surface area contributed by atoms with Crippen molar-refractivity contribution in [3.63, 3.8) is 0 Å². The molecule has 3 heterocycles. The molecule has 8 heteroatoms. The van der Waals surface area contributed by atoms with E-state index in [0.29, 0.717) is 29.0 Å². The molecule has 0 bridgehead atoms. The third-order valence-electron chi connectivity index (χ3n) is 3.95. The smallest absolute Gasteiger partial charge is 0.231 e. The molecule has 1 aliphatic heterocycles. The maximum Gasteiger partial charge on any atom is 0.231 e. The predicted octanol–water partition coefficient (Wildman–Crippen LogP) is 0.308. The van der Waals surface area contributed by atoms with Crippen molar-refractivity contribution >= 4 is 28.4 Å². The van der Waals surface area contributed by atoms with E-state index in [2.05, 4.69) is 15.1 Å². The molecule has 1 amide bonds. The van der Waals surface area contributed by atoms with E-state index in [1.54, 1.807) is 11.9 Å². The first-order valence-electron chi connectivity index (χ1n) is 6.70. The second-order valence-electron chi connectivity index (χ2n) is 5.22. The van der Waals surface area contributed by atoms with Crippen LogP contribution in [0.4, 0.5) is 11.5 Å². The van der Waals surface area contributed by atoms with Gasteiger partial charge in [-0.2, -0.15) is 4.79 Å². The molecule has 0 spiro atoms. The van der Waals surface area contributed by atoms with Gasteiger partial charge in [0.2, 0.25) is 5.91 Å². The highest BCUT2D eigenvalue weighted by atomic mass is 16.2. The van der Waals surface area contributed by atoms with Crippen LogP contribution in [-0.4, -0.2) is 32.8 Å². The van der Waals surface area contributed by atoms with Crippen LogP contribution < -0.4 is 16.5 Å². The molecule has 0 aliphatic carbocycles. The van der Waals surface area contributed by atoms with Gasteiger partial charge in [0.05, 0.1) is 11.8 Å². The number of nitrogens with zero attached hydrogens (tertiary/aromatic N) is 5. The lowest BCUT2D eigenvalue weighted by atomic mass is 10.0. The summed E-state index contributed by atoms with van der Waals surface area (Å²) in [5.74, 6) is 6.24. The van der Waals surface area contributed by atoms with Crippen molar-refractivity contribution in [2.45, 2.75) is 6.42 Å². The Labute approximate surface area is 125 Å². The second kappa shape index (κ2) is 4.17. The number of amides is 1. The van der Waals surface area contributed by atoms with Gasteiger partial charge < -0.3 is 16.5 Å². The van der Waals surface area contributed by atoms with Crippen molar-refractivity contribution in [2.24, 2.45) is 0 Å². The Morgan fingerprint density at radius 3 is 2.91 bits per heavy atom. The van der Waals surface area contributed by atoms with Crippen LogP contribution in [0.5, 0.6) is 0 Å². The van der Waals surface area contributed by atoms with E-state index in [1.165, 1.54) is 11.1 Å². The van der Waals surface area contributed by atoms with Gasteiger partial charge in [-0.3, -0.25) is 4.79 Å². The highest BCUT2D eigenvalue weighted by Gasteiger charge is 2.25. The van der Waals surface area contributed by atoms with Crippen LogP contribution >= 0.6 is 0 Å². The Bertz CT molecular complexity index is 930. The summed E-state index contributed by atoms with van der Waals surface area (Å²) in [5.41, 5.74) is 9.72. The molecule has 1 aliphatic rings. The van der Waals surface area contributed by atoms with Gasteiger partial charge in [0.1, 0.15) is 17.8 Å². The van der Waals surface area contributed by atoms with Crippen molar-refractivity contribution in [1.82, 2.24) is 19.9 Å². The van der Waals surface area contributed by atoms with Gasteiger partial charge in [-0.1, -0.05) is 6.07 Å². The van der Waals surface area contributed by atoms with Gasteiger partial charge >= 0.3 is 0 Å². The molecule has 4 rings (SSSR count). The highest BCUT2D eigenvalue weighted by Crippen LogP contribution is 2.34. The molecule has 0 radical (unpaired) electrons. The summed E-state index contributed by atoms with van der Waals surface area (Å²) < 4.78 is 0. The van der Waals surface area contributed by atoms with Crippen molar-refractivity contribution in [3.05, 3.63) is 30.1 Å². The summed E-state index contributed by atoms with van der Waals surface area (Å²) in [6.07, 6.45) is 1.73. The number of carbonyl (C=O) groups is 1. The number of rotatable bonds is 1. The molecule has 0 saturated heterocycles. The van der Waals surface area contributed by atoms with E-state index in [0.717, 1.165) is 16.8 Å². The summed E-state index contributed by atoms with van der Waals surface area (Å²) in [6, 6.07) is 5.73. The molecule has 2 aromatic heterocycles. The minimum absolute atomic E-state index is 0.0733. The van der Waals surface area contributed by atoms with E-state index in [9.17, 15) is 4.79 Å². The minimum atomic E-state index is 0.0733. The number of likely N-dealkylation sites (N-methyl/N-ethyl adjacent to an activating group) is 1. The van der Waals surface area contributed by atoms with Crippen LogP contribution in [0.2, 0.25) is 0 Å². The van der Waals surface area contributed by atoms with E-state index in [4.69, 9.17) is 11.6 Å². The molecule has 110 valence electrons. The van der Waals surface area contributed by atoms with Gasteiger partial charge in [0.15, 0.2) is 5.65 Å². The molecule has 0 unspecified atom stereocenters. The third kappa shape index (κ3) is 1.57. The standard InChI is InChI=1S/C14H13N7O/c1-20-9-3-2-7(4-8(9)5-10(20)22)12-11-13(15)17-6-18-14(11)21(16)19-12/h2-4,6H,5,16H2,1H3,(H2,15,17,18). The average Bonchev–Trinajstić information content (AvgIpc) is 2.98. The Kier molecular flexibility index (Phi) is 2.38. The largest absolute Gasteiger partial charge is 0.383 e. The topological polar surface area (TPSA) is 116 Å². The van der Waals surface area contributed by atoms with Crippen molar-refractivity contribution in [2.75, 3.05) is 23.5 Å². The van der Waals surface area contributed by atoms with Gasteiger partial charge in [0, 0.05) is 18.3 Å². The predicted molar refractivity (Wildman–Crippen MR) is 82.4 cm³/mol. The van der Waals surface area contributed by atoms with Gasteiger partial charge in [-0.05, 0) is 17.7 Å². The Balaban J connectivity index is 1.94. The van der Waals surface area contributed by atoms with Crippen molar-refractivity contribution < 1.29 is 4.79 Å². The molecule has 0 atom stereocenters. The summed E-state index contributed by atoms with van der Waals surface area (Å²) in [5, 5.41) is 4.91. The highest BCUT2D eigenvalue weighted by molar-refractivity contribution is 6.03. The van der Waals surface area contributed by atoms with E-state index in [-0.39, 0.29) is 5.91 Å². The normalized spacial score (nSPS) is 13.9. The zero-order chi connectivity index (χ0) is 15.4. The summed E-state index contributed by atoms with van der Waals surface area (Å²) in [4.78, 5) is 22.7. The number of hydrogen-bond donors (Lipinski definition) is 2. The summed E-state index contributed by atoms with van der Waals surface area (Å²) in [7, 11) is 1.77. The van der Waals surface area contributed by atoms with Crippen LogP contribution in [0.25, 0.3) is 22.3 Å². The van der Waals surface area contributed by atoms with Crippen LogP contribution in [0.1, 0.15) is 5.56 Å². The zero-order valence-corrected chi connectivity index (χ0v) is 11.8. The first kappa shape index (κ1) is 12.6. The van der Waals surface area contributed by atoms with Crippen LogP contribution in [0, 0.1) is 0 Å². The Morgan fingerprint density at radius 2 is 2.09 bits per heavy atom. The fourth-order valence-electron chi connectivity index (χ4n) is 2.81. The zero-order valence-electron chi connectivity index (χ0n) is 11.8. The number of aromatic nitrogens is 4. The van der Waals surface area contributed by atoms with Gasteiger partial charge in [-0.15, -0.1) is 5.10 Å². The van der Waals surface area contributed by atoms with Gasteiger partial charge in [0.25, 0.3) is 0 Å². The molecule has 8 nitrogen and oxygen atoms in total. The minimum Gasteiger partial charge on any atom is -0.383 e. The fourth-order valence-corrected chi connectivity index (χ4v) is 2.81. The first-order chi connectivity index (χ1) is 10.6. The van der Waals surface area contributed by atoms with E-state index >= 15 is 0 Å². The van der Waals surface area contributed by atoms with Crippen LogP contribution in [0.15, 0.2) is 24.5 Å². The van der Waals surface area contributed by atoms with Crippen molar-refractivity contribution in [1.29, 1.82) is 0 Å². The average molecular weight is 295 g/mol. The maximum absolute atomic E-state index is 11.8. The molecule has 3 aromatic rings. The summed E-state index contributed by atoms with van der Waals surface area (Å²) in [6.45, 7) is 0. The molecule has 0 fully saturated rings. The summed E-state index contributed by atoms with van der Waals surface area (Å²) >= 11 is 0. The molecule has 1 aromatic carbocycles.